The van der Waals surface area contributed by atoms with Gasteiger partial charge in [0.05, 0.1) is 24.6 Å². The summed E-state index contributed by atoms with van der Waals surface area (Å²) in [6, 6.07) is 9.64. The summed E-state index contributed by atoms with van der Waals surface area (Å²) in [4.78, 5) is 24.4. The fourth-order valence-electron chi connectivity index (χ4n) is 2.70. The molecule has 0 spiro atoms. The molecule has 1 aliphatic carbocycles. The van der Waals surface area contributed by atoms with E-state index < -0.39 is 18.1 Å². The molecule has 0 bridgehead atoms. The van der Waals surface area contributed by atoms with Gasteiger partial charge in [-0.05, 0) is 30.5 Å². The first-order chi connectivity index (χ1) is 10.9. The zero-order valence-corrected chi connectivity index (χ0v) is 12.7. The number of amides is 2. The zero-order chi connectivity index (χ0) is 16.6. The van der Waals surface area contributed by atoms with Crippen molar-refractivity contribution in [1.29, 1.82) is 5.26 Å². The molecule has 1 aromatic rings. The van der Waals surface area contributed by atoms with Crippen molar-refractivity contribution >= 4 is 17.7 Å². The van der Waals surface area contributed by atoms with Crippen LogP contribution in [0.15, 0.2) is 24.3 Å². The highest BCUT2D eigenvalue weighted by molar-refractivity contribution is 5.89. The van der Waals surface area contributed by atoms with Crippen LogP contribution in [0.3, 0.4) is 0 Å². The van der Waals surface area contributed by atoms with E-state index in [1.54, 1.807) is 12.1 Å². The van der Waals surface area contributed by atoms with Gasteiger partial charge in [0.25, 0.3) is 0 Å². The van der Waals surface area contributed by atoms with Crippen molar-refractivity contribution in [3.63, 3.8) is 0 Å². The molecule has 2 amide bonds. The minimum Gasteiger partial charge on any atom is -0.442 e. The fraction of sp³-hybridized carbons (Fsp3) is 0.438. The van der Waals surface area contributed by atoms with E-state index >= 15 is 0 Å². The van der Waals surface area contributed by atoms with Crippen LogP contribution < -0.4 is 4.90 Å². The molecule has 2 aliphatic rings. The Morgan fingerprint density at radius 1 is 1.48 bits per heavy atom. The molecule has 7 nitrogen and oxygen atoms in total. The van der Waals surface area contributed by atoms with Crippen molar-refractivity contribution in [3.8, 4) is 6.07 Å². The minimum atomic E-state index is -0.579. The van der Waals surface area contributed by atoms with Gasteiger partial charge in [-0.2, -0.15) is 5.26 Å². The van der Waals surface area contributed by atoms with Crippen LogP contribution in [-0.4, -0.2) is 41.5 Å². The Balaban J connectivity index is 1.69. The van der Waals surface area contributed by atoms with Crippen LogP contribution in [-0.2, 0) is 14.9 Å². The Bertz CT molecular complexity index is 676. The number of hydrogen-bond acceptors (Lipinski definition) is 5. The SMILES string of the molecule is CC(=O)N(O)C[C@H]1CN(c2ccc(C3(C#N)CC3)cc2)C(=O)O1. The van der Waals surface area contributed by atoms with Crippen LogP contribution in [0.2, 0.25) is 0 Å². The maximum absolute atomic E-state index is 12.0. The highest BCUT2D eigenvalue weighted by atomic mass is 16.6. The number of nitrogens with zero attached hydrogens (tertiary/aromatic N) is 3. The number of carbonyl (C=O) groups is 2. The smallest absolute Gasteiger partial charge is 0.414 e. The first-order valence-electron chi connectivity index (χ1n) is 7.42. The Kier molecular flexibility index (Phi) is 3.70. The Morgan fingerprint density at radius 2 is 2.13 bits per heavy atom. The van der Waals surface area contributed by atoms with Crippen LogP contribution in [0.5, 0.6) is 0 Å². The summed E-state index contributed by atoms with van der Waals surface area (Å²) in [7, 11) is 0. The number of carbonyl (C=O) groups excluding carboxylic acids is 2. The third kappa shape index (κ3) is 2.85. The van der Waals surface area contributed by atoms with Gasteiger partial charge in [0.1, 0.15) is 6.10 Å². The molecule has 1 saturated carbocycles. The predicted octanol–water partition coefficient (Wildman–Crippen LogP) is 1.80. The van der Waals surface area contributed by atoms with Crippen LogP contribution in [0.4, 0.5) is 10.5 Å². The van der Waals surface area contributed by atoms with Gasteiger partial charge in [-0.25, -0.2) is 9.86 Å². The Labute approximate surface area is 133 Å². The first kappa shape index (κ1) is 15.3. The predicted molar refractivity (Wildman–Crippen MR) is 79.8 cm³/mol. The van der Waals surface area contributed by atoms with E-state index in [0.29, 0.717) is 10.8 Å². The van der Waals surface area contributed by atoms with Gasteiger partial charge in [-0.3, -0.25) is 14.9 Å². The molecule has 1 N–H and O–H groups in total. The minimum absolute atomic E-state index is 0.0623. The van der Waals surface area contributed by atoms with Crippen molar-refractivity contribution in [3.05, 3.63) is 29.8 Å². The lowest BCUT2D eigenvalue weighted by Crippen LogP contribution is -2.35. The van der Waals surface area contributed by atoms with Gasteiger partial charge in [0.2, 0.25) is 5.91 Å². The topological polar surface area (TPSA) is 93.9 Å². The first-order valence-corrected chi connectivity index (χ1v) is 7.42. The summed E-state index contributed by atoms with van der Waals surface area (Å²) in [5, 5.41) is 19.2. The van der Waals surface area contributed by atoms with Crippen LogP contribution >= 0.6 is 0 Å². The molecule has 23 heavy (non-hydrogen) atoms. The van der Waals surface area contributed by atoms with Crippen LogP contribution in [0, 0.1) is 11.3 Å². The lowest BCUT2D eigenvalue weighted by molar-refractivity contribution is -0.166. The number of rotatable bonds is 4. The average Bonchev–Trinajstić information content (AvgIpc) is 3.26. The summed E-state index contributed by atoms with van der Waals surface area (Å²) >= 11 is 0. The number of cyclic esters (lactones) is 1. The molecule has 1 aromatic carbocycles. The second-order valence-electron chi connectivity index (χ2n) is 5.96. The average molecular weight is 315 g/mol. The molecule has 7 heteroatoms. The molecule has 2 fully saturated rings. The van der Waals surface area contributed by atoms with Crippen molar-refractivity contribution < 1.29 is 19.5 Å². The highest BCUT2D eigenvalue weighted by Crippen LogP contribution is 2.47. The van der Waals surface area contributed by atoms with E-state index in [4.69, 9.17) is 4.74 Å². The molecule has 0 unspecified atom stereocenters. The van der Waals surface area contributed by atoms with Gasteiger partial charge < -0.3 is 4.74 Å². The summed E-state index contributed by atoms with van der Waals surface area (Å²) in [5.41, 5.74) is 1.28. The van der Waals surface area contributed by atoms with E-state index in [9.17, 15) is 20.1 Å². The van der Waals surface area contributed by atoms with Gasteiger partial charge in [0.15, 0.2) is 0 Å². The number of ether oxygens (including phenoxy) is 1. The number of nitriles is 1. The highest BCUT2D eigenvalue weighted by Gasteiger charge is 2.45. The number of hydrogen-bond donors (Lipinski definition) is 1. The summed E-state index contributed by atoms with van der Waals surface area (Å²) in [6.45, 7) is 1.43. The largest absolute Gasteiger partial charge is 0.442 e. The van der Waals surface area contributed by atoms with Crippen molar-refractivity contribution in [2.24, 2.45) is 0 Å². The lowest BCUT2D eigenvalue weighted by atomic mass is 9.97. The second kappa shape index (κ2) is 5.56. The van der Waals surface area contributed by atoms with Crippen molar-refractivity contribution in [1.82, 2.24) is 5.06 Å². The molecule has 0 radical (unpaired) electrons. The second-order valence-corrected chi connectivity index (χ2v) is 5.96. The maximum atomic E-state index is 12.0. The molecular formula is C16H17N3O4. The molecule has 120 valence electrons. The summed E-state index contributed by atoms with van der Waals surface area (Å²) in [5.74, 6) is -0.505. The third-order valence-electron chi connectivity index (χ3n) is 4.31. The van der Waals surface area contributed by atoms with E-state index in [1.165, 1.54) is 11.8 Å². The van der Waals surface area contributed by atoms with Crippen molar-refractivity contribution in [2.45, 2.75) is 31.3 Å². The number of anilines is 1. The standard InChI is InChI=1S/C16H17N3O4/c1-11(20)19(22)9-14-8-18(15(21)23-14)13-4-2-12(3-5-13)16(10-17)6-7-16/h2-5,14,22H,6-9H2,1H3/t14-/m1/s1. The monoisotopic (exact) mass is 315 g/mol. The Morgan fingerprint density at radius 3 is 2.65 bits per heavy atom. The van der Waals surface area contributed by atoms with E-state index in [1.807, 2.05) is 12.1 Å². The van der Waals surface area contributed by atoms with Crippen LogP contribution in [0.25, 0.3) is 0 Å². The molecule has 0 aromatic heterocycles. The maximum Gasteiger partial charge on any atom is 0.414 e. The van der Waals surface area contributed by atoms with E-state index in [0.717, 1.165) is 18.4 Å². The van der Waals surface area contributed by atoms with Crippen molar-refractivity contribution in [2.75, 3.05) is 18.0 Å². The third-order valence-corrected chi connectivity index (χ3v) is 4.31. The van der Waals surface area contributed by atoms with Gasteiger partial charge in [-0.1, -0.05) is 12.1 Å². The molecule has 1 saturated heterocycles. The normalized spacial score (nSPS) is 21.5. The van der Waals surface area contributed by atoms with E-state index in [2.05, 4.69) is 6.07 Å². The van der Waals surface area contributed by atoms with Gasteiger partial charge >= 0.3 is 6.09 Å². The summed E-state index contributed by atoms with van der Waals surface area (Å²) in [6.07, 6.45) is 0.647. The van der Waals surface area contributed by atoms with Gasteiger partial charge in [-0.15, -0.1) is 0 Å². The lowest BCUT2D eigenvalue weighted by Gasteiger charge is -2.16. The molecule has 3 rings (SSSR count). The number of hydroxylamine groups is 2. The fourth-order valence-corrected chi connectivity index (χ4v) is 2.70. The van der Waals surface area contributed by atoms with E-state index in [-0.39, 0.29) is 18.5 Å². The quantitative estimate of drug-likeness (QED) is 0.675. The Hall–Kier alpha value is -2.59. The summed E-state index contributed by atoms with van der Waals surface area (Å²) < 4.78 is 5.16. The molecule has 1 atom stereocenters. The number of benzene rings is 1. The van der Waals surface area contributed by atoms with Crippen LogP contribution in [0.1, 0.15) is 25.3 Å². The molecular weight excluding hydrogens is 298 g/mol. The molecule has 1 aliphatic heterocycles. The van der Waals surface area contributed by atoms with Gasteiger partial charge in [0, 0.05) is 12.6 Å². The molecule has 1 heterocycles. The zero-order valence-electron chi connectivity index (χ0n) is 12.7.